The molecule has 0 atom stereocenters. The highest BCUT2D eigenvalue weighted by Gasteiger charge is 2.14. The number of benzene rings is 2. The minimum atomic E-state index is -3.76. The van der Waals surface area contributed by atoms with Gasteiger partial charge in [-0.05, 0) is 42.5 Å². The van der Waals surface area contributed by atoms with Crippen molar-refractivity contribution < 1.29 is 8.42 Å². The van der Waals surface area contributed by atoms with Crippen LogP contribution < -0.4 is 10.0 Å². The highest BCUT2D eigenvalue weighted by atomic mass is 35.5. The summed E-state index contributed by atoms with van der Waals surface area (Å²) in [7, 11) is -3.76. The van der Waals surface area contributed by atoms with E-state index in [9.17, 15) is 8.42 Å². The van der Waals surface area contributed by atoms with Crippen LogP contribution in [0.15, 0.2) is 71.8 Å². The van der Waals surface area contributed by atoms with E-state index in [0.717, 1.165) is 0 Å². The Balaban J connectivity index is 1.77. The van der Waals surface area contributed by atoms with Crippen LogP contribution in [0.1, 0.15) is 5.56 Å². The topological polar surface area (TPSA) is 94.9 Å². The maximum atomic E-state index is 12.4. The minimum absolute atomic E-state index is 0.0650. The van der Waals surface area contributed by atoms with E-state index >= 15 is 0 Å². The molecule has 0 aliphatic heterocycles. The molecule has 0 bridgehead atoms. The van der Waals surface area contributed by atoms with E-state index in [2.05, 4.69) is 21.1 Å². The lowest BCUT2D eigenvalue weighted by atomic mass is 10.2. The van der Waals surface area contributed by atoms with E-state index in [1.165, 1.54) is 18.3 Å². The average molecular weight is 385 g/mol. The number of hydrogen-bond donors (Lipinski definition) is 2. The van der Waals surface area contributed by atoms with Crippen molar-refractivity contribution in [3.8, 4) is 6.07 Å². The van der Waals surface area contributed by atoms with Crippen LogP contribution in [0.4, 0.5) is 17.2 Å². The van der Waals surface area contributed by atoms with Crippen molar-refractivity contribution in [2.24, 2.45) is 0 Å². The molecule has 0 aliphatic rings. The number of halogens is 1. The molecule has 3 rings (SSSR count). The number of nitriles is 1. The third-order valence-corrected chi connectivity index (χ3v) is 5.05. The van der Waals surface area contributed by atoms with Gasteiger partial charge in [-0.15, -0.1) is 0 Å². The van der Waals surface area contributed by atoms with Gasteiger partial charge >= 0.3 is 0 Å². The Kier molecular flexibility index (Phi) is 5.07. The van der Waals surface area contributed by atoms with Crippen molar-refractivity contribution in [2.45, 2.75) is 4.90 Å². The molecule has 130 valence electrons. The normalized spacial score (nSPS) is 10.8. The summed E-state index contributed by atoms with van der Waals surface area (Å²) in [5.41, 5.74) is 1.42. The van der Waals surface area contributed by atoms with Gasteiger partial charge in [-0.2, -0.15) is 5.26 Å². The molecule has 1 heterocycles. The molecule has 26 heavy (non-hydrogen) atoms. The lowest BCUT2D eigenvalue weighted by Crippen LogP contribution is -2.13. The van der Waals surface area contributed by atoms with Crippen molar-refractivity contribution in [1.29, 1.82) is 5.26 Å². The van der Waals surface area contributed by atoms with Crippen molar-refractivity contribution in [2.75, 3.05) is 10.0 Å². The molecule has 0 saturated heterocycles. The Bertz CT molecular complexity index is 1080. The van der Waals surface area contributed by atoms with Gasteiger partial charge < -0.3 is 5.32 Å². The van der Waals surface area contributed by atoms with Crippen LogP contribution in [0.25, 0.3) is 0 Å². The molecule has 2 aromatic carbocycles. The van der Waals surface area contributed by atoms with Crippen LogP contribution in [-0.2, 0) is 10.0 Å². The van der Waals surface area contributed by atoms with Crippen molar-refractivity contribution in [3.63, 3.8) is 0 Å². The van der Waals surface area contributed by atoms with Crippen molar-refractivity contribution in [3.05, 3.63) is 77.4 Å². The quantitative estimate of drug-likeness (QED) is 0.689. The fraction of sp³-hybridized carbons (Fsp3) is 0. The second kappa shape index (κ2) is 7.44. The van der Waals surface area contributed by atoms with Crippen LogP contribution >= 0.6 is 11.6 Å². The molecule has 0 aliphatic carbocycles. The van der Waals surface area contributed by atoms with Crippen LogP contribution in [0.5, 0.6) is 0 Å². The Morgan fingerprint density at radius 2 is 1.85 bits per heavy atom. The van der Waals surface area contributed by atoms with E-state index in [4.69, 9.17) is 16.9 Å². The fourth-order valence-corrected chi connectivity index (χ4v) is 3.55. The first-order chi connectivity index (χ1) is 12.5. The predicted molar refractivity (Wildman–Crippen MR) is 101 cm³/mol. The van der Waals surface area contributed by atoms with Gasteiger partial charge in [0.1, 0.15) is 11.9 Å². The number of nitrogens with zero attached hydrogens (tertiary/aromatic N) is 2. The third-order valence-electron chi connectivity index (χ3n) is 3.43. The van der Waals surface area contributed by atoms with Gasteiger partial charge in [0, 0.05) is 5.02 Å². The fourth-order valence-electron chi connectivity index (χ4n) is 2.20. The number of sulfonamides is 1. The molecular formula is C18H13ClN4O2S. The zero-order valence-corrected chi connectivity index (χ0v) is 14.9. The summed E-state index contributed by atoms with van der Waals surface area (Å²) in [5.74, 6) is 0.485. The van der Waals surface area contributed by atoms with Crippen LogP contribution in [-0.4, -0.2) is 13.4 Å². The maximum Gasteiger partial charge on any atom is 0.261 e. The summed E-state index contributed by atoms with van der Waals surface area (Å²) in [6, 6.07) is 18.3. The molecule has 3 aromatic rings. The molecule has 0 saturated carbocycles. The Morgan fingerprint density at radius 3 is 2.54 bits per heavy atom. The second-order valence-corrected chi connectivity index (χ2v) is 7.40. The van der Waals surface area contributed by atoms with Crippen LogP contribution in [0, 0.1) is 11.3 Å². The van der Waals surface area contributed by atoms with Gasteiger partial charge in [0.15, 0.2) is 0 Å². The number of nitrogens with one attached hydrogen (secondary N) is 2. The Hall–Kier alpha value is -3.08. The highest BCUT2D eigenvalue weighted by Crippen LogP contribution is 2.22. The number of aromatic nitrogens is 1. The average Bonchev–Trinajstić information content (AvgIpc) is 2.63. The molecule has 0 fully saturated rings. The first kappa shape index (κ1) is 17.7. The lowest BCUT2D eigenvalue weighted by Gasteiger charge is -2.10. The molecule has 6 nitrogen and oxygen atoms in total. The second-order valence-electron chi connectivity index (χ2n) is 5.28. The molecule has 0 amide bonds. The Morgan fingerprint density at radius 1 is 1.04 bits per heavy atom. The van der Waals surface area contributed by atoms with E-state index in [1.54, 1.807) is 48.5 Å². The third kappa shape index (κ3) is 4.11. The van der Waals surface area contributed by atoms with E-state index in [-0.39, 0.29) is 4.90 Å². The smallest absolute Gasteiger partial charge is 0.261 e. The molecule has 2 N–H and O–H groups in total. The molecule has 0 spiro atoms. The predicted octanol–water partition coefficient (Wildman–Crippen LogP) is 4.15. The van der Waals surface area contributed by atoms with Crippen LogP contribution in [0.2, 0.25) is 5.02 Å². The summed E-state index contributed by atoms with van der Waals surface area (Å²) >= 11 is 5.84. The van der Waals surface area contributed by atoms with Crippen LogP contribution in [0.3, 0.4) is 0 Å². The van der Waals surface area contributed by atoms with Gasteiger partial charge in [-0.25, -0.2) is 13.4 Å². The van der Waals surface area contributed by atoms with Gasteiger partial charge in [0.2, 0.25) is 0 Å². The highest BCUT2D eigenvalue weighted by molar-refractivity contribution is 7.92. The standard InChI is InChI=1S/C18H13ClN4O2S/c19-14-5-3-6-16(10-14)26(24,25)23-15-8-9-18(21-12-15)22-17-7-2-1-4-13(17)11-20/h1-10,12,23H,(H,21,22). The molecular weight excluding hydrogens is 372 g/mol. The zero-order valence-electron chi connectivity index (χ0n) is 13.3. The zero-order chi connectivity index (χ0) is 18.6. The molecule has 0 unspecified atom stereocenters. The van der Waals surface area contributed by atoms with E-state index in [0.29, 0.717) is 27.8 Å². The molecule has 0 radical (unpaired) electrons. The maximum absolute atomic E-state index is 12.4. The van der Waals surface area contributed by atoms with Gasteiger partial charge in [-0.3, -0.25) is 4.72 Å². The van der Waals surface area contributed by atoms with Gasteiger partial charge in [-0.1, -0.05) is 29.8 Å². The first-order valence-corrected chi connectivity index (χ1v) is 9.35. The summed E-state index contributed by atoms with van der Waals surface area (Å²) < 4.78 is 27.2. The SMILES string of the molecule is N#Cc1ccccc1Nc1ccc(NS(=O)(=O)c2cccc(Cl)c2)cn1. The monoisotopic (exact) mass is 384 g/mol. The Labute approximate surface area is 156 Å². The minimum Gasteiger partial charge on any atom is -0.339 e. The largest absolute Gasteiger partial charge is 0.339 e. The summed E-state index contributed by atoms with van der Waals surface area (Å²) in [6.45, 7) is 0. The molecule has 8 heteroatoms. The van der Waals surface area contributed by atoms with E-state index < -0.39 is 10.0 Å². The summed E-state index contributed by atoms with van der Waals surface area (Å²) in [5, 5.41) is 12.5. The first-order valence-electron chi connectivity index (χ1n) is 7.48. The number of rotatable bonds is 5. The molecule has 1 aromatic heterocycles. The van der Waals surface area contributed by atoms with Crippen molar-refractivity contribution in [1.82, 2.24) is 4.98 Å². The van der Waals surface area contributed by atoms with Gasteiger partial charge in [0.05, 0.1) is 28.0 Å². The van der Waals surface area contributed by atoms with Gasteiger partial charge in [0.25, 0.3) is 10.0 Å². The summed E-state index contributed by atoms with van der Waals surface area (Å²) in [6.07, 6.45) is 1.39. The number of pyridine rings is 1. The number of anilines is 3. The lowest BCUT2D eigenvalue weighted by molar-refractivity contribution is 0.601. The van der Waals surface area contributed by atoms with Crippen molar-refractivity contribution >= 4 is 38.8 Å². The number of para-hydroxylation sites is 1. The number of hydrogen-bond acceptors (Lipinski definition) is 5. The van der Waals surface area contributed by atoms with E-state index in [1.807, 2.05) is 0 Å². The summed E-state index contributed by atoms with van der Waals surface area (Å²) in [4.78, 5) is 4.24.